The van der Waals surface area contributed by atoms with Crippen molar-refractivity contribution in [3.8, 4) is 0 Å². The molecule has 0 aliphatic carbocycles. The van der Waals surface area contributed by atoms with Crippen LogP contribution in [0.1, 0.15) is 26.3 Å². The number of nitrogens with zero attached hydrogens (tertiary/aromatic N) is 2. The molecule has 90 valence electrons. The molecule has 4 nitrogen and oxygen atoms in total. The van der Waals surface area contributed by atoms with Crippen molar-refractivity contribution in [1.82, 2.24) is 9.47 Å². The van der Waals surface area contributed by atoms with Crippen LogP contribution in [0.5, 0.6) is 0 Å². The summed E-state index contributed by atoms with van der Waals surface area (Å²) in [5.41, 5.74) is 1.95. The highest BCUT2D eigenvalue weighted by atomic mass is 16.2. The maximum atomic E-state index is 12.1. The second-order valence-electron chi connectivity index (χ2n) is 4.43. The van der Waals surface area contributed by atoms with Gasteiger partial charge < -0.3 is 4.57 Å². The van der Waals surface area contributed by atoms with Crippen LogP contribution in [0.25, 0.3) is 0 Å². The number of hydrogen-bond donors (Lipinski definition) is 0. The molecule has 0 N–H and O–H groups in total. The van der Waals surface area contributed by atoms with Crippen LogP contribution < -0.4 is 0 Å². The normalized spacial score (nSPS) is 14.2. The smallest absolute Gasteiger partial charge is 0.263 e. The van der Waals surface area contributed by atoms with Gasteiger partial charge in [0.15, 0.2) is 0 Å². The minimum absolute atomic E-state index is 0.209. The third-order valence-corrected chi connectivity index (χ3v) is 3.09. The minimum Gasteiger partial charge on any atom is -0.356 e. The lowest BCUT2D eigenvalue weighted by atomic mass is 10.2. The van der Waals surface area contributed by atoms with Gasteiger partial charge in [0.25, 0.3) is 11.8 Å². The molecule has 1 aliphatic heterocycles. The molecule has 2 aromatic rings. The maximum absolute atomic E-state index is 12.1. The Bertz CT molecular complexity index is 595. The molecule has 0 fully saturated rings. The number of carbonyl (C=O) groups is 2. The van der Waals surface area contributed by atoms with E-state index in [0.29, 0.717) is 17.7 Å². The zero-order valence-electron chi connectivity index (χ0n) is 9.96. The predicted molar refractivity (Wildman–Crippen MR) is 66.1 cm³/mol. The summed E-state index contributed by atoms with van der Waals surface area (Å²) in [6.07, 6.45) is 3.39. The highest BCUT2D eigenvalue weighted by Crippen LogP contribution is 2.24. The zero-order chi connectivity index (χ0) is 12.7. The molecule has 0 atom stereocenters. The van der Waals surface area contributed by atoms with Crippen molar-refractivity contribution in [3.05, 3.63) is 59.4 Å². The highest BCUT2D eigenvalue weighted by Gasteiger charge is 2.36. The van der Waals surface area contributed by atoms with E-state index in [1.54, 1.807) is 24.0 Å². The topological polar surface area (TPSA) is 42.3 Å². The van der Waals surface area contributed by atoms with Crippen LogP contribution in [0, 0.1) is 0 Å². The third-order valence-electron chi connectivity index (χ3n) is 3.09. The molecule has 1 aromatic heterocycles. The molecule has 0 radical (unpaired) electrons. The van der Waals surface area contributed by atoms with E-state index < -0.39 is 0 Å². The van der Waals surface area contributed by atoms with Crippen LogP contribution in [0.15, 0.2) is 42.7 Å². The number of carbonyl (C=O) groups excluding carboxylic acids is 2. The Morgan fingerprint density at radius 1 is 0.944 bits per heavy atom. The molecule has 18 heavy (non-hydrogen) atoms. The van der Waals surface area contributed by atoms with E-state index in [0.717, 1.165) is 5.56 Å². The maximum Gasteiger partial charge on any atom is 0.263 e. The first-order valence-electron chi connectivity index (χ1n) is 5.73. The molecule has 1 aromatic carbocycles. The lowest BCUT2D eigenvalue weighted by Crippen LogP contribution is -2.29. The van der Waals surface area contributed by atoms with Gasteiger partial charge in [0, 0.05) is 19.4 Å². The number of benzene rings is 1. The number of hydrogen-bond acceptors (Lipinski definition) is 2. The fraction of sp³-hybridized carbons (Fsp3) is 0.143. The second kappa shape index (κ2) is 3.84. The van der Waals surface area contributed by atoms with Crippen molar-refractivity contribution in [2.75, 3.05) is 0 Å². The average Bonchev–Trinajstić information content (AvgIpc) is 2.85. The van der Waals surface area contributed by atoms with E-state index in [1.165, 1.54) is 4.90 Å². The van der Waals surface area contributed by atoms with E-state index in [4.69, 9.17) is 0 Å². The van der Waals surface area contributed by atoms with Crippen molar-refractivity contribution in [2.45, 2.75) is 6.54 Å². The number of imide groups is 1. The monoisotopic (exact) mass is 240 g/mol. The third kappa shape index (κ3) is 1.54. The number of aryl methyl sites for hydroxylation is 1. The molecule has 0 saturated carbocycles. The fourth-order valence-corrected chi connectivity index (χ4v) is 2.22. The average molecular weight is 240 g/mol. The molecule has 1 aliphatic rings. The van der Waals surface area contributed by atoms with Gasteiger partial charge in [0.1, 0.15) is 0 Å². The van der Waals surface area contributed by atoms with Gasteiger partial charge in [0.05, 0.1) is 17.7 Å². The molecule has 2 heterocycles. The SMILES string of the molecule is Cn1cc2c(c1)C(=O)N(Cc1ccccc1)C2=O. The highest BCUT2D eigenvalue weighted by molar-refractivity contribution is 6.21. The first kappa shape index (κ1) is 10.8. The van der Waals surface area contributed by atoms with E-state index in [9.17, 15) is 9.59 Å². The van der Waals surface area contributed by atoms with E-state index in [-0.39, 0.29) is 11.8 Å². The summed E-state index contributed by atoms with van der Waals surface area (Å²) in [6, 6.07) is 9.51. The van der Waals surface area contributed by atoms with Gasteiger partial charge in [-0.25, -0.2) is 0 Å². The lowest BCUT2D eigenvalue weighted by molar-refractivity contribution is 0.0641. The Morgan fingerprint density at radius 3 is 2.06 bits per heavy atom. The van der Waals surface area contributed by atoms with Crippen molar-refractivity contribution in [3.63, 3.8) is 0 Å². The van der Waals surface area contributed by atoms with Gasteiger partial charge in [-0.3, -0.25) is 14.5 Å². The Morgan fingerprint density at radius 2 is 1.50 bits per heavy atom. The molecule has 3 rings (SSSR count). The summed E-state index contributed by atoms with van der Waals surface area (Å²) in [6.45, 7) is 0.330. The number of rotatable bonds is 2. The molecule has 0 unspecified atom stereocenters. The molecule has 0 saturated heterocycles. The van der Waals surface area contributed by atoms with Gasteiger partial charge in [-0.1, -0.05) is 30.3 Å². The van der Waals surface area contributed by atoms with Crippen molar-refractivity contribution < 1.29 is 9.59 Å². The van der Waals surface area contributed by atoms with Crippen molar-refractivity contribution in [2.24, 2.45) is 7.05 Å². The molecule has 0 bridgehead atoms. The second-order valence-corrected chi connectivity index (χ2v) is 4.43. The number of aromatic nitrogens is 1. The molecule has 0 spiro atoms. The van der Waals surface area contributed by atoms with Gasteiger partial charge in [-0.15, -0.1) is 0 Å². The summed E-state index contributed by atoms with van der Waals surface area (Å²) in [7, 11) is 1.81. The molecule has 2 amide bonds. The Balaban J connectivity index is 1.91. The lowest BCUT2D eigenvalue weighted by Gasteiger charge is -2.14. The van der Waals surface area contributed by atoms with Gasteiger partial charge in [-0.05, 0) is 5.56 Å². The fourth-order valence-electron chi connectivity index (χ4n) is 2.22. The van der Waals surface area contributed by atoms with Crippen molar-refractivity contribution >= 4 is 11.8 Å². The summed E-state index contributed by atoms with van der Waals surface area (Å²) in [5.74, 6) is -0.418. The first-order valence-corrected chi connectivity index (χ1v) is 5.73. The Kier molecular flexibility index (Phi) is 2.30. The van der Waals surface area contributed by atoms with Crippen LogP contribution in [-0.4, -0.2) is 21.3 Å². The van der Waals surface area contributed by atoms with Crippen LogP contribution in [0.3, 0.4) is 0 Å². The number of amides is 2. The van der Waals surface area contributed by atoms with Crippen LogP contribution in [-0.2, 0) is 13.6 Å². The largest absolute Gasteiger partial charge is 0.356 e. The summed E-state index contributed by atoms with van der Waals surface area (Å²) < 4.78 is 1.74. The van der Waals surface area contributed by atoms with Crippen LogP contribution in [0.2, 0.25) is 0 Å². The van der Waals surface area contributed by atoms with Crippen molar-refractivity contribution in [1.29, 1.82) is 0 Å². The zero-order valence-corrected chi connectivity index (χ0v) is 9.96. The molecule has 4 heteroatoms. The molecular weight excluding hydrogens is 228 g/mol. The standard InChI is InChI=1S/C14H12N2O2/c1-15-8-11-12(9-15)14(18)16(13(11)17)7-10-5-3-2-4-6-10/h2-6,8-9H,7H2,1H3. The van der Waals surface area contributed by atoms with E-state index in [2.05, 4.69) is 0 Å². The van der Waals surface area contributed by atoms with E-state index in [1.807, 2.05) is 30.3 Å². The van der Waals surface area contributed by atoms with Crippen LogP contribution in [0.4, 0.5) is 0 Å². The van der Waals surface area contributed by atoms with E-state index >= 15 is 0 Å². The Hall–Kier alpha value is -2.36. The summed E-state index contributed by atoms with van der Waals surface area (Å²) in [4.78, 5) is 25.5. The summed E-state index contributed by atoms with van der Waals surface area (Å²) in [5, 5.41) is 0. The van der Waals surface area contributed by atoms with Gasteiger partial charge in [0.2, 0.25) is 0 Å². The minimum atomic E-state index is -0.209. The van der Waals surface area contributed by atoms with Crippen LogP contribution >= 0.6 is 0 Å². The predicted octanol–water partition coefficient (Wildman–Crippen LogP) is 1.82. The quantitative estimate of drug-likeness (QED) is 0.751. The number of fused-ring (bicyclic) bond motifs is 1. The summed E-state index contributed by atoms with van der Waals surface area (Å²) >= 11 is 0. The molecular formula is C14H12N2O2. The Labute approximate surface area is 104 Å². The van der Waals surface area contributed by atoms with Gasteiger partial charge in [-0.2, -0.15) is 0 Å². The first-order chi connectivity index (χ1) is 8.66. The van der Waals surface area contributed by atoms with Gasteiger partial charge >= 0.3 is 0 Å².